The van der Waals surface area contributed by atoms with Crippen LogP contribution >= 0.6 is 0 Å². The molecule has 2 heterocycles. The minimum absolute atomic E-state index is 0.0804. The zero-order chi connectivity index (χ0) is 17.1. The lowest BCUT2D eigenvalue weighted by Gasteiger charge is -2.23. The molecule has 0 bridgehead atoms. The number of carboxylic acid groups (broad SMARTS) is 1. The van der Waals surface area contributed by atoms with E-state index in [4.69, 9.17) is 9.84 Å². The number of fused-ring (bicyclic) bond motifs is 1. The van der Waals surface area contributed by atoms with Gasteiger partial charge in [-0.05, 0) is 31.0 Å². The first-order valence-electron chi connectivity index (χ1n) is 7.65. The molecule has 126 valence electrons. The molecule has 0 radical (unpaired) electrons. The van der Waals surface area contributed by atoms with Crippen molar-refractivity contribution >= 4 is 11.9 Å². The number of rotatable bonds is 5. The number of hydrogen-bond donors (Lipinski definition) is 2. The summed E-state index contributed by atoms with van der Waals surface area (Å²) in [6, 6.07) is 5.71. The van der Waals surface area contributed by atoms with E-state index in [1.807, 2.05) is 0 Å². The Morgan fingerprint density at radius 3 is 2.96 bits per heavy atom. The van der Waals surface area contributed by atoms with Crippen LogP contribution in [0.4, 0.5) is 0 Å². The summed E-state index contributed by atoms with van der Waals surface area (Å²) in [6.07, 6.45) is 1.64. The Labute approximate surface area is 138 Å². The first kappa shape index (κ1) is 16.1. The summed E-state index contributed by atoms with van der Waals surface area (Å²) >= 11 is 0. The minimum Gasteiger partial charge on any atom is -0.478 e. The van der Waals surface area contributed by atoms with Gasteiger partial charge in [-0.3, -0.25) is 4.79 Å². The van der Waals surface area contributed by atoms with Gasteiger partial charge in [-0.1, -0.05) is 6.07 Å². The van der Waals surface area contributed by atoms with Crippen molar-refractivity contribution in [3.63, 3.8) is 0 Å². The van der Waals surface area contributed by atoms with Crippen LogP contribution in [0.3, 0.4) is 0 Å². The van der Waals surface area contributed by atoms with Crippen molar-refractivity contribution in [1.82, 2.24) is 20.1 Å². The molecule has 2 aromatic rings. The van der Waals surface area contributed by atoms with E-state index >= 15 is 0 Å². The van der Waals surface area contributed by atoms with Crippen molar-refractivity contribution in [2.24, 2.45) is 0 Å². The van der Waals surface area contributed by atoms with Crippen LogP contribution in [0.1, 0.15) is 51.2 Å². The van der Waals surface area contributed by atoms with Gasteiger partial charge in [0.25, 0.3) is 5.91 Å². The number of aromatic carboxylic acids is 1. The van der Waals surface area contributed by atoms with E-state index in [2.05, 4.69) is 15.4 Å². The van der Waals surface area contributed by atoms with E-state index in [1.54, 1.807) is 23.9 Å². The third kappa shape index (κ3) is 3.28. The zero-order valence-electron chi connectivity index (χ0n) is 13.2. The third-order valence-electron chi connectivity index (χ3n) is 3.87. The molecule has 3 rings (SSSR count). The minimum atomic E-state index is -1.06. The summed E-state index contributed by atoms with van der Waals surface area (Å²) in [7, 11) is 1.58. The molecule has 0 saturated heterocycles. The molecule has 1 amide bonds. The second-order valence-electron chi connectivity index (χ2n) is 5.60. The smallest absolute Gasteiger partial charge is 0.335 e. The van der Waals surface area contributed by atoms with Crippen molar-refractivity contribution in [2.45, 2.75) is 32.0 Å². The number of ether oxygens (including phenoxy) is 1. The van der Waals surface area contributed by atoms with Crippen LogP contribution in [0.15, 0.2) is 24.3 Å². The molecule has 0 spiro atoms. The van der Waals surface area contributed by atoms with Crippen molar-refractivity contribution < 1.29 is 19.4 Å². The number of aryl methyl sites for hydroxylation is 1. The summed E-state index contributed by atoms with van der Waals surface area (Å²) in [5, 5.41) is 16.3. The molecule has 1 aliphatic rings. The highest BCUT2D eigenvalue weighted by molar-refractivity contribution is 5.97. The van der Waals surface area contributed by atoms with Crippen LogP contribution in [0.5, 0.6) is 0 Å². The van der Waals surface area contributed by atoms with E-state index < -0.39 is 5.97 Å². The third-order valence-corrected chi connectivity index (χ3v) is 3.87. The van der Waals surface area contributed by atoms with Gasteiger partial charge in [-0.25, -0.2) is 14.5 Å². The maximum absolute atomic E-state index is 12.4. The van der Waals surface area contributed by atoms with Gasteiger partial charge in [0.05, 0.1) is 11.6 Å². The number of carbonyl (C=O) groups is 2. The Bertz CT molecular complexity index is 771. The molecule has 24 heavy (non-hydrogen) atoms. The Balaban J connectivity index is 1.78. The van der Waals surface area contributed by atoms with Crippen LogP contribution < -0.4 is 5.32 Å². The Kier molecular flexibility index (Phi) is 4.57. The zero-order valence-corrected chi connectivity index (χ0v) is 13.2. The van der Waals surface area contributed by atoms with Crippen LogP contribution in [-0.4, -0.2) is 38.9 Å². The van der Waals surface area contributed by atoms with Crippen molar-refractivity contribution in [3.8, 4) is 0 Å². The molecule has 0 aliphatic carbocycles. The van der Waals surface area contributed by atoms with E-state index in [0.29, 0.717) is 23.8 Å². The summed E-state index contributed by atoms with van der Waals surface area (Å²) in [5.74, 6) is -0.100. The highest BCUT2D eigenvalue weighted by Gasteiger charge is 2.26. The number of benzene rings is 1. The van der Waals surface area contributed by atoms with E-state index in [9.17, 15) is 9.59 Å². The topological polar surface area (TPSA) is 106 Å². The first-order valence-corrected chi connectivity index (χ1v) is 7.65. The second kappa shape index (κ2) is 6.79. The maximum Gasteiger partial charge on any atom is 0.335 e. The average Bonchev–Trinajstić information content (AvgIpc) is 2.99. The number of methoxy groups -OCH3 is 1. The molecular weight excluding hydrogens is 312 g/mol. The fourth-order valence-electron chi connectivity index (χ4n) is 2.76. The largest absolute Gasteiger partial charge is 0.478 e. The van der Waals surface area contributed by atoms with Gasteiger partial charge >= 0.3 is 5.97 Å². The Morgan fingerprint density at radius 2 is 2.21 bits per heavy atom. The van der Waals surface area contributed by atoms with Gasteiger partial charge in [0.15, 0.2) is 5.82 Å². The highest BCUT2D eigenvalue weighted by Crippen LogP contribution is 2.23. The summed E-state index contributed by atoms with van der Waals surface area (Å²) < 4.78 is 6.83. The number of nitrogens with one attached hydrogen (secondary N) is 1. The molecule has 1 atom stereocenters. The lowest BCUT2D eigenvalue weighted by Crippen LogP contribution is -2.33. The Morgan fingerprint density at radius 1 is 1.42 bits per heavy atom. The highest BCUT2D eigenvalue weighted by atomic mass is 16.5. The number of carboxylic acids is 1. The van der Waals surface area contributed by atoms with Gasteiger partial charge in [0, 0.05) is 19.2 Å². The molecule has 0 fully saturated rings. The fourth-order valence-corrected chi connectivity index (χ4v) is 2.76. The fraction of sp³-hybridized carbons (Fsp3) is 0.375. The Hall–Kier alpha value is -2.74. The van der Waals surface area contributed by atoms with Gasteiger partial charge in [-0.15, -0.1) is 0 Å². The standard InChI is InChI=1S/C16H18N4O4/c1-24-9-13-18-14-12(6-3-7-20(14)19-13)17-15(21)10-4-2-5-11(8-10)16(22)23/h2,4-5,8,12H,3,6-7,9H2,1H3,(H,17,21)(H,22,23). The second-order valence-corrected chi connectivity index (χ2v) is 5.60. The quantitative estimate of drug-likeness (QED) is 0.858. The van der Waals surface area contributed by atoms with Crippen LogP contribution in [0, 0.1) is 0 Å². The molecule has 8 nitrogen and oxygen atoms in total. The molecule has 0 saturated carbocycles. The number of nitrogens with zero attached hydrogens (tertiary/aromatic N) is 3. The van der Waals surface area contributed by atoms with Crippen LogP contribution in [-0.2, 0) is 17.9 Å². The number of hydrogen-bond acceptors (Lipinski definition) is 5. The lowest BCUT2D eigenvalue weighted by atomic mass is 10.1. The summed E-state index contributed by atoms with van der Waals surface area (Å²) in [4.78, 5) is 27.9. The van der Waals surface area contributed by atoms with Crippen molar-refractivity contribution in [1.29, 1.82) is 0 Å². The molecule has 1 aliphatic heterocycles. The van der Waals surface area contributed by atoms with Crippen molar-refractivity contribution in [3.05, 3.63) is 47.0 Å². The number of carbonyl (C=O) groups excluding carboxylic acids is 1. The summed E-state index contributed by atoms with van der Waals surface area (Å²) in [5.41, 5.74) is 0.389. The normalized spacial score (nSPS) is 16.5. The van der Waals surface area contributed by atoms with E-state index in [0.717, 1.165) is 19.4 Å². The molecule has 1 unspecified atom stereocenters. The molecule has 8 heteroatoms. The molecule has 1 aromatic heterocycles. The van der Waals surface area contributed by atoms with Gasteiger partial charge in [0.1, 0.15) is 12.4 Å². The van der Waals surface area contributed by atoms with Crippen molar-refractivity contribution in [2.75, 3.05) is 7.11 Å². The molecule has 1 aromatic carbocycles. The predicted molar refractivity (Wildman–Crippen MR) is 83.6 cm³/mol. The molecular formula is C16H18N4O4. The maximum atomic E-state index is 12.4. The average molecular weight is 330 g/mol. The predicted octanol–water partition coefficient (Wildman–Crippen LogP) is 1.39. The molecule has 2 N–H and O–H groups in total. The monoisotopic (exact) mass is 330 g/mol. The van der Waals surface area contributed by atoms with Crippen LogP contribution in [0.25, 0.3) is 0 Å². The van der Waals surface area contributed by atoms with Gasteiger partial charge in [-0.2, -0.15) is 5.10 Å². The number of aromatic nitrogens is 3. The first-order chi connectivity index (χ1) is 11.6. The van der Waals surface area contributed by atoms with Gasteiger partial charge < -0.3 is 15.2 Å². The van der Waals surface area contributed by atoms with Gasteiger partial charge in [0.2, 0.25) is 0 Å². The summed E-state index contributed by atoms with van der Waals surface area (Å²) in [6.45, 7) is 1.08. The SMILES string of the molecule is COCc1nc2n(n1)CCCC2NC(=O)c1cccc(C(=O)O)c1. The van der Waals surface area contributed by atoms with Crippen LogP contribution in [0.2, 0.25) is 0 Å². The van der Waals surface area contributed by atoms with E-state index in [-0.39, 0.29) is 17.5 Å². The number of amides is 1. The lowest BCUT2D eigenvalue weighted by molar-refractivity contribution is 0.0697. The van der Waals surface area contributed by atoms with E-state index in [1.165, 1.54) is 12.1 Å².